The third kappa shape index (κ3) is 6.94. The summed E-state index contributed by atoms with van der Waals surface area (Å²) in [6.45, 7) is 5.43. The molecular formula is C32H40BNO3. The first-order valence-electron chi connectivity index (χ1n) is 13.2. The second kappa shape index (κ2) is 14.1. The molecule has 0 fully saturated rings. The van der Waals surface area contributed by atoms with Crippen LogP contribution in [0.1, 0.15) is 26.7 Å². The number of ether oxygens (including phenoxy) is 3. The number of hydrogen-bond donors (Lipinski definition) is 0. The van der Waals surface area contributed by atoms with Crippen molar-refractivity contribution in [2.24, 2.45) is 0 Å². The highest BCUT2D eigenvalue weighted by Gasteiger charge is 2.29. The highest BCUT2D eigenvalue weighted by Crippen LogP contribution is 2.21. The molecule has 37 heavy (non-hydrogen) atoms. The van der Waals surface area contributed by atoms with Crippen molar-refractivity contribution < 1.29 is 18.8 Å². The summed E-state index contributed by atoms with van der Waals surface area (Å²) in [5.74, 6) is 2.62. The predicted molar refractivity (Wildman–Crippen MR) is 156 cm³/mol. The van der Waals surface area contributed by atoms with Crippen molar-refractivity contribution >= 4 is 22.5 Å². The number of rotatable bonds is 10. The maximum absolute atomic E-state index is 5.41. The van der Waals surface area contributed by atoms with Gasteiger partial charge in [0.15, 0.2) is 12.4 Å². The van der Waals surface area contributed by atoms with Gasteiger partial charge in [-0.1, -0.05) is 62.2 Å². The normalized spacial score (nSPS) is 10.7. The van der Waals surface area contributed by atoms with Crippen LogP contribution in [0.15, 0.2) is 103 Å². The molecule has 0 amide bonds. The van der Waals surface area contributed by atoms with Gasteiger partial charge in [0.05, 0.1) is 27.5 Å². The third-order valence-electron chi connectivity index (χ3n) is 7.19. The summed E-state index contributed by atoms with van der Waals surface area (Å²) < 4.78 is 18.4. The second-order valence-corrected chi connectivity index (χ2v) is 9.21. The van der Waals surface area contributed by atoms with Crippen LogP contribution in [0.25, 0.3) is 0 Å². The molecular weight excluding hydrogens is 457 g/mol. The average Bonchev–Trinajstić information content (AvgIpc) is 2.99. The molecule has 0 N–H and O–H groups in total. The van der Waals surface area contributed by atoms with Crippen molar-refractivity contribution in [2.45, 2.75) is 39.6 Å². The molecule has 0 radical (unpaired) electrons. The second-order valence-electron chi connectivity index (χ2n) is 9.21. The fourth-order valence-electron chi connectivity index (χ4n) is 5.03. The molecule has 0 aliphatic rings. The first-order chi connectivity index (χ1) is 18.1. The topological polar surface area (TPSA) is 31.6 Å². The number of methoxy groups -OCH3 is 3. The molecule has 0 saturated heterocycles. The molecule has 3 aromatic carbocycles. The lowest BCUT2D eigenvalue weighted by molar-refractivity contribution is -0.693. The largest absolute Gasteiger partial charge is 0.497 e. The van der Waals surface area contributed by atoms with Gasteiger partial charge in [-0.2, -0.15) is 22.7 Å². The van der Waals surface area contributed by atoms with Crippen LogP contribution in [0.5, 0.6) is 17.2 Å². The van der Waals surface area contributed by atoms with Crippen molar-refractivity contribution in [3.05, 3.63) is 103 Å². The van der Waals surface area contributed by atoms with E-state index in [1.165, 1.54) is 16.4 Å². The Labute approximate surface area is 222 Å². The van der Waals surface area contributed by atoms with Gasteiger partial charge in [-0.15, -0.1) is 0 Å². The van der Waals surface area contributed by atoms with Crippen LogP contribution in [0, 0.1) is 0 Å². The molecule has 0 aliphatic carbocycles. The lowest BCUT2D eigenvalue weighted by Gasteiger charge is -2.43. The highest BCUT2D eigenvalue weighted by atomic mass is 16.5. The van der Waals surface area contributed by atoms with E-state index in [2.05, 4.69) is 104 Å². The van der Waals surface area contributed by atoms with Crippen LogP contribution in [0.4, 0.5) is 0 Å². The van der Waals surface area contributed by atoms with Gasteiger partial charge in [0.1, 0.15) is 23.8 Å². The summed E-state index contributed by atoms with van der Waals surface area (Å²) >= 11 is 0. The minimum absolute atomic E-state index is 0.874. The van der Waals surface area contributed by atoms with Crippen molar-refractivity contribution in [3.63, 3.8) is 0 Å². The molecule has 0 saturated carbocycles. The van der Waals surface area contributed by atoms with Gasteiger partial charge >= 0.3 is 0 Å². The van der Waals surface area contributed by atoms with Gasteiger partial charge in [-0.25, -0.2) is 4.57 Å². The van der Waals surface area contributed by atoms with E-state index in [-0.39, 0.29) is 0 Å². The van der Waals surface area contributed by atoms with E-state index >= 15 is 0 Å². The maximum atomic E-state index is 5.41. The molecule has 4 nitrogen and oxygen atoms in total. The van der Waals surface area contributed by atoms with Gasteiger partial charge in [0.2, 0.25) is 0 Å². The Morgan fingerprint density at radius 3 is 1.22 bits per heavy atom. The molecule has 1 heterocycles. The summed E-state index contributed by atoms with van der Waals surface area (Å²) in [5, 5.41) is 0. The van der Waals surface area contributed by atoms with E-state index < -0.39 is 6.15 Å². The lowest BCUT2D eigenvalue weighted by atomic mass is 9.14. The number of nitrogens with zero attached hydrogens (tertiary/aromatic N) is 1. The van der Waals surface area contributed by atoms with E-state index in [4.69, 9.17) is 14.2 Å². The molecule has 0 unspecified atom stereocenters. The number of aryl methyl sites for hydroxylation is 1. The predicted octanol–water partition coefficient (Wildman–Crippen LogP) is 4.98. The zero-order chi connectivity index (χ0) is 26.5. The minimum atomic E-state index is -1.14. The zero-order valence-electron chi connectivity index (χ0n) is 22.9. The Bertz CT molecular complexity index is 1060. The zero-order valence-corrected chi connectivity index (χ0v) is 22.9. The quantitative estimate of drug-likeness (QED) is 0.229. The Morgan fingerprint density at radius 1 is 0.568 bits per heavy atom. The number of benzene rings is 3. The third-order valence-corrected chi connectivity index (χ3v) is 7.19. The molecule has 4 aromatic rings. The summed E-state index contributed by atoms with van der Waals surface area (Å²) in [7, 11) is 5.12. The summed E-state index contributed by atoms with van der Waals surface area (Å²) in [6, 6.07) is 31.7. The highest BCUT2D eigenvalue weighted by molar-refractivity contribution is 7.11. The monoisotopic (exact) mass is 497 g/mol. The summed E-state index contributed by atoms with van der Waals surface area (Å²) in [5.41, 5.74) is 3.94. The van der Waals surface area contributed by atoms with E-state index in [1.54, 1.807) is 21.3 Å². The Balaban J connectivity index is 0.000000405. The van der Waals surface area contributed by atoms with Crippen LogP contribution in [0.2, 0.25) is 6.32 Å². The molecule has 5 heteroatoms. The van der Waals surface area contributed by atoms with Gasteiger partial charge < -0.3 is 14.2 Å². The number of hydrogen-bond acceptors (Lipinski definition) is 3. The summed E-state index contributed by atoms with van der Waals surface area (Å²) in [6.07, 6.45) is 6.33. The SMILES string of the molecule is CCCC[B-](c1ccc(OC)cc1)(c1ccc(OC)cc1)c1ccc(OC)cc1.CC[n+]1ccccc1. The van der Waals surface area contributed by atoms with Crippen molar-refractivity contribution in [3.8, 4) is 17.2 Å². The molecule has 194 valence electrons. The van der Waals surface area contributed by atoms with Crippen molar-refractivity contribution in [2.75, 3.05) is 21.3 Å². The molecule has 4 rings (SSSR count). The van der Waals surface area contributed by atoms with Gasteiger partial charge in [-0.05, 0) is 43.3 Å². The van der Waals surface area contributed by atoms with Crippen molar-refractivity contribution in [1.29, 1.82) is 0 Å². The Morgan fingerprint density at radius 2 is 0.946 bits per heavy atom. The van der Waals surface area contributed by atoms with E-state index in [1.807, 2.05) is 18.2 Å². The Hall–Kier alpha value is -3.73. The van der Waals surface area contributed by atoms with E-state index in [0.29, 0.717) is 0 Å². The minimum Gasteiger partial charge on any atom is -0.497 e. The van der Waals surface area contributed by atoms with Gasteiger partial charge in [0, 0.05) is 12.1 Å². The average molecular weight is 497 g/mol. The fraction of sp³-hybridized carbons (Fsp3) is 0.281. The van der Waals surface area contributed by atoms with Crippen molar-refractivity contribution in [1.82, 2.24) is 0 Å². The first kappa shape index (κ1) is 27.9. The Kier molecular flexibility index (Phi) is 10.6. The lowest BCUT2D eigenvalue weighted by Crippen LogP contribution is -2.66. The van der Waals surface area contributed by atoms with Crippen LogP contribution in [-0.2, 0) is 6.54 Å². The number of unbranched alkanes of at least 4 members (excludes halogenated alkanes) is 1. The smallest absolute Gasteiger partial charge is 0.168 e. The van der Waals surface area contributed by atoms with Crippen LogP contribution >= 0.6 is 0 Å². The number of pyridine rings is 1. The van der Waals surface area contributed by atoms with Gasteiger partial charge in [0.25, 0.3) is 0 Å². The molecule has 0 spiro atoms. The van der Waals surface area contributed by atoms with E-state index in [0.717, 1.165) is 43.0 Å². The molecule has 1 aromatic heterocycles. The van der Waals surface area contributed by atoms with E-state index in [9.17, 15) is 0 Å². The summed E-state index contributed by atoms with van der Waals surface area (Å²) in [4.78, 5) is 0. The number of aromatic nitrogens is 1. The molecule has 0 atom stereocenters. The first-order valence-corrected chi connectivity index (χ1v) is 13.2. The van der Waals surface area contributed by atoms with Gasteiger partial charge in [-0.3, -0.25) is 0 Å². The standard InChI is InChI=1S/C25H30BO3.C7H10N/c1-5-6-19-26(20-7-13-23(27-2)14-8-20,21-9-15-24(28-3)16-10-21)22-11-17-25(29-4)18-12-22;1-2-8-6-4-3-5-7-8/h7-18H,5-6,19H2,1-4H3;3-7H,2H2,1H3/q-1;+1. The molecule has 0 aliphatic heterocycles. The maximum Gasteiger partial charge on any atom is 0.168 e. The molecule has 0 bridgehead atoms. The van der Waals surface area contributed by atoms with Crippen LogP contribution in [0.3, 0.4) is 0 Å². The fourth-order valence-corrected chi connectivity index (χ4v) is 5.03. The van der Waals surface area contributed by atoms with Crippen LogP contribution < -0.4 is 35.2 Å². The van der Waals surface area contributed by atoms with Crippen LogP contribution in [-0.4, -0.2) is 27.5 Å².